The highest BCUT2D eigenvalue weighted by atomic mass is 15.3. The summed E-state index contributed by atoms with van der Waals surface area (Å²) in [5.41, 5.74) is 3.67. The molecule has 0 amide bonds. The van der Waals surface area contributed by atoms with Crippen molar-refractivity contribution in [1.29, 1.82) is 0 Å². The highest BCUT2D eigenvalue weighted by Gasteiger charge is 2.07. The van der Waals surface area contributed by atoms with Crippen LogP contribution < -0.4 is 0 Å². The summed E-state index contributed by atoms with van der Waals surface area (Å²) >= 11 is 0. The molecule has 0 fully saturated rings. The molecule has 0 radical (unpaired) electrons. The highest BCUT2D eigenvalue weighted by molar-refractivity contribution is 5.58. The molecule has 0 aromatic carbocycles. The van der Waals surface area contributed by atoms with Crippen LogP contribution in [0.4, 0.5) is 0 Å². The Bertz CT molecular complexity index is 938. The number of rotatable bonds is 3. The van der Waals surface area contributed by atoms with Crippen LogP contribution in [0.25, 0.3) is 22.8 Å². The lowest BCUT2D eigenvalue weighted by molar-refractivity contribution is 0.833. The fourth-order valence-electron chi connectivity index (χ4n) is 2.34. The Morgan fingerprint density at radius 1 is 0.957 bits per heavy atom. The van der Waals surface area contributed by atoms with Crippen molar-refractivity contribution in [1.82, 2.24) is 29.5 Å². The summed E-state index contributed by atoms with van der Waals surface area (Å²) in [6.07, 6.45) is 9.16. The Kier molecular flexibility index (Phi) is 3.20. The lowest BCUT2D eigenvalue weighted by atomic mass is 10.2. The van der Waals surface area contributed by atoms with Crippen molar-refractivity contribution in [2.45, 2.75) is 6.92 Å². The van der Waals surface area contributed by atoms with Crippen molar-refractivity contribution < 1.29 is 0 Å². The van der Waals surface area contributed by atoms with E-state index >= 15 is 0 Å². The molecule has 0 aliphatic heterocycles. The van der Waals surface area contributed by atoms with E-state index in [4.69, 9.17) is 0 Å². The zero-order chi connectivity index (χ0) is 15.6. The molecule has 4 aromatic heterocycles. The van der Waals surface area contributed by atoms with E-state index in [1.807, 2.05) is 55.7 Å². The number of hydrogen-bond donors (Lipinski definition) is 0. The number of aromatic nitrogens is 6. The molecule has 6 heteroatoms. The molecule has 23 heavy (non-hydrogen) atoms. The third-order valence-corrected chi connectivity index (χ3v) is 3.48. The van der Waals surface area contributed by atoms with Crippen LogP contribution in [0.1, 0.15) is 5.69 Å². The molecule has 0 spiro atoms. The van der Waals surface area contributed by atoms with Gasteiger partial charge in [0.1, 0.15) is 0 Å². The average Bonchev–Trinajstić information content (AvgIpc) is 3.25. The summed E-state index contributed by atoms with van der Waals surface area (Å²) in [4.78, 5) is 8.78. The first-order valence-electron chi connectivity index (χ1n) is 7.25. The first-order valence-corrected chi connectivity index (χ1v) is 7.25. The van der Waals surface area contributed by atoms with Crippen LogP contribution in [0.5, 0.6) is 0 Å². The standard InChI is InChI=1S/C17H14N6/c1-13-7-9-22(21-13)17-6-2-5-16(20-17)14-10-19-23(12-14)15-4-3-8-18-11-15/h2-12H,1H3. The molecule has 0 saturated carbocycles. The molecule has 4 rings (SSSR count). The molecule has 0 aliphatic rings. The monoisotopic (exact) mass is 302 g/mol. The molecule has 0 aliphatic carbocycles. The van der Waals surface area contributed by atoms with E-state index in [1.165, 1.54) is 0 Å². The minimum Gasteiger partial charge on any atom is -0.262 e. The van der Waals surface area contributed by atoms with Crippen molar-refractivity contribution >= 4 is 0 Å². The van der Waals surface area contributed by atoms with Gasteiger partial charge in [-0.1, -0.05) is 6.07 Å². The molecule has 0 N–H and O–H groups in total. The summed E-state index contributed by atoms with van der Waals surface area (Å²) in [6, 6.07) is 11.7. The highest BCUT2D eigenvalue weighted by Crippen LogP contribution is 2.19. The van der Waals surface area contributed by atoms with Gasteiger partial charge >= 0.3 is 0 Å². The normalized spacial score (nSPS) is 10.8. The smallest absolute Gasteiger partial charge is 0.153 e. The summed E-state index contributed by atoms with van der Waals surface area (Å²) in [5.74, 6) is 0.782. The largest absolute Gasteiger partial charge is 0.262 e. The Labute approximate surface area is 133 Å². The average molecular weight is 302 g/mol. The minimum absolute atomic E-state index is 0.782. The van der Waals surface area contributed by atoms with Crippen LogP contribution in [-0.2, 0) is 0 Å². The SMILES string of the molecule is Cc1ccn(-c2cccc(-c3cnn(-c4cccnc4)c3)n2)n1. The van der Waals surface area contributed by atoms with Crippen LogP contribution in [-0.4, -0.2) is 29.5 Å². The maximum Gasteiger partial charge on any atom is 0.153 e. The van der Waals surface area contributed by atoms with E-state index in [1.54, 1.807) is 28.0 Å². The Morgan fingerprint density at radius 2 is 1.91 bits per heavy atom. The molecule has 0 unspecified atom stereocenters. The molecule has 0 atom stereocenters. The van der Waals surface area contributed by atoms with Gasteiger partial charge in [-0.3, -0.25) is 4.98 Å². The maximum atomic E-state index is 4.67. The van der Waals surface area contributed by atoms with E-state index < -0.39 is 0 Å². The van der Waals surface area contributed by atoms with Crippen molar-refractivity contribution in [3.8, 4) is 22.8 Å². The molecule has 4 heterocycles. The van der Waals surface area contributed by atoms with Gasteiger partial charge in [-0.2, -0.15) is 10.2 Å². The number of hydrogen-bond acceptors (Lipinski definition) is 4. The predicted molar refractivity (Wildman–Crippen MR) is 86.4 cm³/mol. The van der Waals surface area contributed by atoms with Crippen molar-refractivity contribution in [2.75, 3.05) is 0 Å². The number of nitrogens with zero attached hydrogens (tertiary/aromatic N) is 6. The fourth-order valence-corrected chi connectivity index (χ4v) is 2.34. The topological polar surface area (TPSA) is 61.4 Å². The van der Waals surface area contributed by atoms with Gasteiger partial charge in [-0.25, -0.2) is 14.3 Å². The van der Waals surface area contributed by atoms with E-state index in [9.17, 15) is 0 Å². The van der Waals surface area contributed by atoms with Crippen LogP contribution in [0, 0.1) is 6.92 Å². The van der Waals surface area contributed by atoms with Crippen molar-refractivity contribution in [2.24, 2.45) is 0 Å². The molecule has 4 aromatic rings. The zero-order valence-electron chi connectivity index (χ0n) is 12.5. The second-order valence-electron chi connectivity index (χ2n) is 5.17. The quantitative estimate of drug-likeness (QED) is 0.584. The van der Waals surface area contributed by atoms with Gasteiger partial charge in [0.2, 0.25) is 0 Å². The van der Waals surface area contributed by atoms with Crippen molar-refractivity contribution in [3.63, 3.8) is 0 Å². The Morgan fingerprint density at radius 3 is 2.70 bits per heavy atom. The lowest BCUT2D eigenvalue weighted by Crippen LogP contribution is -1.99. The molecule has 0 saturated heterocycles. The number of aryl methyl sites for hydroxylation is 1. The van der Waals surface area contributed by atoms with Gasteiger partial charge in [0.05, 0.1) is 29.5 Å². The van der Waals surface area contributed by atoms with Crippen molar-refractivity contribution in [3.05, 3.63) is 73.1 Å². The summed E-state index contributed by atoms with van der Waals surface area (Å²) in [7, 11) is 0. The first kappa shape index (κ1) is 13.4. The second kappa shape index (κ2) is 5.49. The molecule has 0 bridgehead atoms. The molecule has 6 nitrogen and oxygen atoms in total. The van der Waals surface area contributed by atoms with Gasteiger partial charge in [0.25, 0.3) is 0 Å². The third kappa shape index (κ3) is 2.62. The summed E-state index contributed by atoms with van der Waals surface area (Å²) in [6.45, 7) is 1.96. The van der Waals surface area contributed by atoms with E-state index in [0.29, 0.717) is 0 Å². The molecular formula is C17H14N6. The second-order valence-corrected chi connectivity index (χ2v) is 5.17. The van der Waals surface area contributed by atoms with E-state index in [0.717, 1.165) is 28.5 Å². The van der Waals surface area contributed by atoms with E-state index in [2.05, 4.69) is 20.2 Å². The zero-order valence-corrected chi connectivity index (χ0v) is 12.5. The van der Waals surface area contributed by atoms with Crippen LogP contribution in [0.15, 0.2) is 67.4 Å². The van der Waals surface area contributed by atoms with Gasteiger partial charge in [0.15, 0.2) is 5.82 Å². The van der Waals surface area contributed by atoms with Gasteiger partial charge < -0.3 is 0 Å². The van der Waals surface area contributed by atoms with Gasteiger partial charge in [0, 0.05) is 24.2 Å². The number of pyridine rings is 2. The first-order chi connectivity index (χ1) is 11.3. The Balaban J connectivity index is 1.70. The molecule has 112 valence electrons. The van der Waals surface area contributed by atoms with Gasteiger partial charge in [-0.15, -0.1) is 0 Å². The predicted octanol–water partition coefficient (Wildman–Crippen LogP) is 2.82. The maximum absolute atomic E-state index is 4.67. The minimum atomic E-state index is 0.782. The summed E-state index contributed by atoms with van der Waals surface area (Å²) < 4.78 is 3.55. The lowest BCUT2D eigenvalue weighted by Gasteiger charge is -2.03. The van der Waals surface area contributed by atoms with Crippen LogP contribution >= 0.6 is 0 Å². The fraction of sp³-hybridized carbons (Fsp3) is 0.0588. The summed E-state index contributed by atoms with van der Waals surface area (Å²) in [5, 5.41) is 8.78. The van der Waals surface area contributed by atoms with Crippen LogP contribution in [0.2, 0.25) is 0 Å². The molecular weight excluding hydrogens is 288 g/mol. The Hall–Kier alpha value is -3.28. The van der Waals surface area contributed by atoms with Crippen LogP contribution in [0.3, 0.4) is 0 Å². The van der Waals surface area contributed by atoms with Gasteiger partial charge in [-0.05, 0) is 37.3 Å². The third-order valence-electron chi connectivity index (χ3n) is 3.48. The van der Waals surface area contributed by atoms with E-state index in [-0.39, 0.29) is 0 Å².